The van der Waals surface area contributed by atoms with E-state index in [9.17, 15) is 4.79 Å². The molecule has 2 N–H and O–H groups in total. The fourth-order valence-corrected chi connectivity index (χ4v) is 3.22. The second kappa shape index (κ2) is 5.48. The molecule has 2 aromatic heterocycles. The molecule has 2 rings (SSSR count). The first-order valence-electron chi connectivity index (χ1n) is 6.22. The van der Waals surface area contributed by atoms with Crippen LogP contribution in [0.25, 0.3) is 10.6 Å². The lowest BCUT2D eigenvalue weighted by molar-refractivity contribution is 0.0533. The van der Waals surface area contributed by atoms with Crippen molar-refractivity contribution in [1.29, 1.82) is 0 Å². The van der Waals surface area contributed by atoms with E-state index in [1.165, 1.54) is 11.3 Å². The molecular formula is C14H17NO3S. The smallest absolute Gasteiger partial charge is 0.350 e. The molecule has 0 saturated heterocycles. The Balaban J connectivity index is 2.54. The Hall–Kier alpha value is -1.75. The second-order valence-electron chi connectivity index (χ2n) is 4.16. The molecule has 19 heavy (non-hydrogen) atoms. The number of nitrogens with two attached hydrogens (primary N) is 1. The summed E-state index contributed by atoms with van der Waals surface area (Å²) in [6, 6.07) is 1.90. The maximum Gasteiger partial charge on any atom is 0.350 e. The van der Waals surface area contributed by atoms with E-state index in [1.807, 2.05) is 19.9 Å². The van der Waals surface area contributed by atoms with Gasteiger partial charge in [-0.2, -0.15) is 0 Å². The van der Waals surface area contributed by atoms with Gasteiger partial charge in [-0.15, -0.1) is 11.3 Å². The number of hydrogen-bond donors (Lipinski definition) is 1. The average molecular weight is 279 g/mol. The molecular weight excluding hydrogens is 262 g/mol. The van der Waals surface area contributed by atoms with Crippen LogP contribution in [0.4, 0.5) is 5.69 Å². The molecule has 0 radical (unpaired) electrons. The van der Waals surface area contributed by atoms with E-state index >= 15 is 0 Å². The van der Waals surface area contributed by atoms with E-state index in [4.69, 9.17) is 14.9 Å². The molecule has 5 heteroatoms. The van der Waals surface area contributed by atoms with Gasteiger partial charge < -0.3 is 14.9 Å². The number of hydrogen-bond acceptors (Lipinski definition) is 5. The molecule has 0 atom stereocenters. The maximum absolute atomic E-state index is 11.9. The van der Waals surface area contributed by atoms with Crippen LogP contribution in [0.1, 0.15) is 34.6 Å². The van der Waals surface area contributed by atoms with Gasteiger partial charge in [0.1, 0.15) is 10.6 Å². The quantitative estimate of drug-likeness (QED) is 0.868. The fraction of sp³-hybridized carbons (Fsp3) is 0.357. The minimum Gasteiger partial charge on any atom is -0.463 e. The molecule has 0 aromatic carbocycles. The number of nitrogen functional groups attached to an aromatic ring is 1. The molecule has 102 valence electrons. The Morgan fingerprint density at radius 1 is 1.47 bits per heavy atom. The van der Waals surface area contributed by atoms with Crippen LogP contribution in [0.15, 0.2) is 16.7 Å². The summed E-state index contributed by atoms with van der Waals surface area (Å²) in [6.45, 7) is 6.10. The second-order valence-corrected chi connectivity index (χ2v) is 5.18. The summed E-state index contributed by atoms with van der Waals surface area (Å²) in [5, 5.41) is 0. The zero-order valence-electron chi connectivity index (χ0n) is 11.3. The van der Waals surface area contributed by atoms with Gasteiger partial charge in [0.2, 0.25) is 0 Å². The lowest BCUT2D eigenvalue weighted by Crippen LogP contribution is -2.05. The minimum absolute atomic E-state index is 0.340. The van der Waals surface area contributed by atoms with Gasteiger partial charge in [0, 0.05) is 0 Å². The van der Waals surface area contributed by atoms with Crippen molar-refractivity contribution in [2.45, 2.75) is 27.2 Å². The Morgan fingerprint density at radius 2 is 2.21 bits per heavy atom. The third-order valence-corrected chi connectivity index (χ3v) is 4.16. The van der Waals surface area contributed by atoms with E-state index < -0.39 is 0 Å². The van der Waals surface area contributed by atoms with E-state index in [2.05, 4.69) is 0 Å². The summed E-state index contributed by atoms with van der Waals surface area (Å²) in [4.78, 5) is 13.3. The third-order valence-electron chi connectivity index (χ3n) is 2.93. The van der Waals surface area contributed by atoms with Crippen molar-refractivity contribution in [3.8, 4) is 10.6 Å². The summed E-state index contributed by atoms with van der Waals surface area (Å²) in [6.07, 6.45) is 2.39. The Bertz CT molecular complexity index is 598. The van der Waals surface area contributed by atoms with Crippen molar-refractivity contribution < 1.29 is 13.9 Å². The summed E-state index contributed by atoms with van der Waals surface area (Å²) in [5.41, 5.74) is 8.56. The number of ether oxygens (including phenoxy) is 1. The van der Waals surface area contributed by atoms with Crippen LogP contribution >= 0.6 is 11.3 Å². The highest BCUT2D eigenvalue weighted by Crippen LogP contribution is 2.40. The van der Waals surface area contributed by atoms with E-state index in [1.54, 1.807) is 13.2 Å². The number of aryl methyl sites for hydroxylation is 1. The monoisotopic (exact) mass is 279 g/mol. The molecule has 4 nitrogen and oxygen atoms in total. The summed E-state index contributed by atoms with van der Waals surface area (Å²) >= 11 is 1.34. The highest BCUT2D eigenvalue weighted by Gasteiger charge is 2.23. The summed E-state index contributed by atoms with van der Waals surface area (Å²) in [7, 11) is 0. The van der Waals surface area contributed by atoms with Crippen LogP contribution in [-0.2, 0) is 11.2 Å². The predicted molar refractivity (Wildman–Crippen MR) is 76.5 cm³/mol. The standard InChI is InChI=1S/C14H17NO3S/c1-4-9-10(15)13(14(16)17-5-2)19-12(9)11-8(3)6-7-18-11/h6-7H,4-5,15H2,1-3H3. The maximum atomic E-state index is 11.9. The average Bonchev–Trinajstić information content (AvgIpc) is 2.93. The van der Waals surface area contributed by atoms with Gasteiger partial charge in [-0.25, -0.2) is 4.79 Å². The highest BCUT2D eigenvalue weighted by molar-refractivity contribution is 7.18. The van der Waals surface area contributed by atoms with Gasteiger partial charge in [-0.05, 0) is 37.5 Å². The molecule has 2 aromatic rings. The van der Waals surface area contributed by atoms with Crippen molar-refractivity contribution in [2.24, 2.45) is 0 Å². The van der Waals surface area contributed by atoms with Gasteiger partial charge in [-0.3, -0.25) is 0 Å². The molecule has 0 aliphatic carbocycles. The van der Waals surface area contributed by atoms with Crippen molar-refractivity contribution in [3.63, 3.8) is 0 Å². The molecule has 2 heterocycles. The molecule has 0 bridgehead atoms. The Labute approximate surface area is 116 Å². The topological polar surface area (TPSA) is 65.5 Å². The molecule has 0 saturated carbocycles. The molecule has 0 aliphatic rings. The first kappa shape index (κ1) is 13.7. The number of anilines is 1. The zero-order valence-corrected chi connectivity index (χ0v) is 12.1. The Morgan fingerprint density at radius 3 is 2.74 bits per heavy atom. The van der Waals surface area contributed by atoms with Crippen LogP contribution in [0.5, 0.6) is 0 Å². The van der Waals surface area contributed by atoms with Crippen LogP contribution in [0, 0.1) is 6.92 Å². The number of rotatable bonds is 4. The number of carbonyl (C=O) groups excluding carboxylic acids is 1. The lowest BCUT2D eigenvalue weighted by atomic mass is 10.1. The van der Waals surface area contributed by atoms with Crippen LogP contribution in [0.2, 0.25) is 0 Å². The summed E-state index contributed by atoms with van der Waals surface area (Å²) in [5.74, 6) is 0.416. The van der Waals surface area contributed by atoms with Gasteiger partial charge in [0.05, 0.1) is 23.4 Å². The van der Waals surface area contributed by atoms with Crippen LogP contribution < -0.4 is 5.73 Å². The number of furan rings is 1. The van der Waals surface area contributed by atoms with E-state index in [0.717, 1.165) is 28.2 Å². The van der Waals surface area contributed by atoms with E-state index in [-0.39, 0.29) is 5.97 Å². The first-order valence-corrected chi connectivity index (χ1v) is 7.04. The van der Waals surface area contributed by atoms with Gasteiger partial charge in [0.25, 0.3) is 0 Å². The number of thiophene rings is 1. The van der Waals surface area contributed by atoms with E-state index in [0.29, 0.717) is 17.2 Å². The van der Waals surface area contributed by atoms with Crippen molar-refractivity contribution in [3.05, 3.63) is 28.3 Å². The zero-order chi connectivity index (χ0) is 14.0. The van der Waals surface area contributed by atoms with Crippen molar-refractivity contribution in [2.75, 3.05) is 12.3 Å². The first-order chi connectivity index (χ1) is 9.10. The lowest BCUT2D eigenvalue weighted by Gasteiger charge is -2.01. The van der Waals surface area contributed by atoms with Gasteiger partial charge >= 0.3 is 5.97 Å². The fourth-order valence-electron chi connectivity index (χ4n) is 1.97. The van der Waals surface area contributed by atoms with Crippen molar-refractivity contribution in [1.82, 2.24) is 0 Å². The van der Waals surface area contributed by atoms with Crippen LogP contribution in [-0.4, -0.2) is 12.6 Å². The normalized spacial score (nSPS) is 10.7. The van der Waals surface area contributed by atoms with Gasteiger partial charge in [-0.1, -0.05) is 6.92 Å². The SMILES string of the molecule is CCOC(=O)c1sc(-c2occc2C)c(CC)c1N. The molecule has 0 spiro atoms. The predicted octanol–water partition coefficient (Wildman–Crippen LogP) is 3.64. The molecule has 0 unspecified atom stereocenters. The van der Waals surface area contributed by atoms with Crippen LogP contribution in [0.3, 0.4) is 0 Å². The third kappa shape index (κ3) is 2.38. The summed E-state index contributed by atoms with van der Waals surface area (Å²) < 4.78 is 10.5. The highest BCUT2D eigenvalue weighted by atomic mass is 32.1. The van der Waals surface area contributed by atoms with Gasteiger partial charge in [0.15, 0.2) is 0 Å². The number of esters is 1. The Kier molecular flexibility index (Phi) is 3.95. The molecule has 0 fully saturated rings. The molecule has 0 amide bonds. The number of carbonyl (C=O) groups is 1. The largest absolute Gasteiger partial charge is 0.463 e. The minimum atomic E-state index is -0.366. The van der Waals surface area contributed by atoms with Crippen molar-refractivity contribution >= 4 is 23.0 Å². The molecule has 0 aliphatic heterocycles.